The molecule has 0 aliphatic heterocycles. The van der Waals surface area contributed by atoms with Crippen LogP contribution in [-0.2, 0) is 16.6 Å². The summed E-state index contributed by atoms with van der Waals surface area (Å²) in [5.74, 6) is 0. The van der Waals surface area contributed by atoms with Gasteiger partial charge < -0.3 is 5.11 Å². The fourth-order valence-electron chi connectivity index (χ4n) is 1.62. The summed E-state index contributed by atoms with van der Waals surface area (Å²) in [6.45, 7) is 3.41. The van der Waals surface area contributed by atoms with Crippen molar-refractivity contribution in [1.29, 1.82) is 0 Å². The number of hydrogen-bond donors (Lipinski definition) is 2. The topological polar surface area (TPSA) is 66.4 Å². The van der Waals surface area contributed by atoms with Gasteiger partial charge in [-0.05, 0) is 37.6 Å². The SMILES string of the molecule is Cc1csc(CO)c1S(=O)(=O)NC1(C)CC1. The minimum absolute atomic E-state index is 0.231. The van der Waals surface area contributed by atoms with Gasteiger partial charge in [0.15, 0.2) is 0 Å². The van der Waals surface area contributed by atoms with E-state index in [1.165, 1.54) is 11.3 Å². The molecular formula is C10H15NO3S2. The molecule has 90 valence electrons. The number of sulfonamides is 1. The number of thiophene rings is 1. The fraction of sp³-hybridized carbons (Fsp3) is 0.600. The van der Waals surface area contributed by atoms with Crippen molar-refractivity contribution in [3.8, 4) is 0 Å². The van der Waals surface area contributed by atoms with Crippen LogP contribution >= 0.6 is 11.3 Å². The van der Waals surface area contributed by atoms with E-state index in [0.29, 0.717) is 10.4 Å². The summed E-state index contributed by atoms with van der Waals surface area (Å²) in [6, 6.07) is 0. The highest BCUT2D eigenvalue weighted by Gasteiger charge is 2.42. The first-order chi connectivity index (χ1) is 7.38. The van der Waals surface area contributed by atoms with Crippen LogP contribution in [-0.4, -0.2) is 19.1 Å². The van der Waals surface area contributed by atoms with Gasteiger partial charge in [0.25, 0.3) is 0 Å². The molecule has 16 heavy (non-hydrogen) atoms. The van der Waals surface area contributed by atoms with Crippen molar-refractivity contribution in [2.75, 3.05) is 0 Å². The van der Waals surface area contributed by atoms with E-state index in [0.717, 1.165) is 12.8 Å². The third kappa shape index (κ3) is 2.15. The van der Waals surface area contributed by atoms with Crippen molar-refractivity contribution in [2.45, 2.75) is 43.7 Å². The molecule has 2 rings (SSSR count). The Hall–Kier alpha value is -0.430. The summed E-state index contributed by atoms with van der Waals surface area (Å²) in [5, 5.41) is 10.9. The number of aliphatic hydroxyl groups excluding tert-OH is 1. The Bertz CT molecular complexity index is 500. The highest BCUT2D eigenvalue weighted by Crippen LogP contribution is 2.37. The number of aliphatic hydroxyl groups is 1. The Labute approximate surface area is 99.4 Å². The van der Waals surface area contributed by atoms with Crippen molar-refractivity contribution < 1.29 is 13.5 Å². The molecule has 1 fully saturated rings. The molecule has 0 aromatic carbocycles. The van der Waals surface area contributed by atoms with Gasteiger partial charge in [-0.1, -0.05) is 0 Å². The first-order valence-electron chi connectivity index (χ1n) is 5.10. The molecule has 0 amide bonds. The Balaban J connectivity index is 2.38. The highest BCUT2D eigenvalue weighted by molar-refractivity contribution is 7.89. The molecule has 1 aromatic rings. The molecule has 1 heterocycles. The summed E-state index contributed by atoms with van der Waals surface area (Å²) in [6.07, 6.45) is 1.76. The van der Waals surface area contributed by atoms with Gasteiger partial charge in [0.2, 0.25) is 10.0 Å². The maximum Gasteiger partial charge on any atom is 0.242 e. The Kier molecular flexibility index (Phi) is 2.86. The summed E-state index contributed by atoms with van der Waals surface area (Å²) in [5.41, 5.74) is 0.422. The minimum atomic E-state index is -3.49. The lowest BCUT2D eigenvalue weighted by Gasteiger charge is -2.13. The molecule has 1 saturated carbocycles. The van der Waals surface area contributed by atoms with E-state index in [4.69, 9.17) is 5.11 Å². The summed E-state index contributed by atoms with van der Waals surface area (Å²) in [7, 11) is -3.49. The van der Waals surface area contributed by atoms with Gasteiger partial charge in [-0.15, -0.1) is 11.3 Å². The lowest BCUT2D eigenvalue weighted by atomic mass is 10.3. The van der Waals surface area contributed by atoms with E-state index in [1.54, 1.807) is 12.3 Å². The Morgan fingerprint density at radius 2 is 2.19 bits per heavy atom. The molecule has 2 N–H and O–H groups in total. The molecule has 1 aliphatic carbocycles. The first-order valence-corrected chi connectivity index (χ1v) is 7.46. The van der Waals surface area contributed by atoms with Crippen LogP contribution in [0, 0.1) is 6.92 Å². The van der Waals surface area contributed by atoms with E-state index < -0.39 is 10.0 Å². The van der Waals surface area contributed by atoms with Crippen molar-refractivity contribution in [2.24, 2.45) is 0 Å². The molecule has 0 radical (unpaired) electrons. The van der Waals surface area contributed by atoms with Crippen LogP contribution in [0.3, 0.4) is 0 Å². The second kappa shape index (κ2) is 3.80. The highest BCUT2D eigenvalue weighted by atomic mass is 32.2. The first kappa shape index (κ1) is 12.0. The average Bonchev–Trinajstić information content (AvgIpc) is 2.76. The maximum absolute atomic E-state index is 12.1. The van der Waals surface area contributed by atoms with Gasteiger partial charge in [-0.3, -0.25) is 0 Å². The van der Waals surface area contributed by atoms with Gasteiger partial charge in [0, 0.05) is 5.54 Å². The maximum atomic E-state index is 12.1. The molecule has 0 atom stereocenters. The van der Waals surface area contributed by atoms with Crippen LogP contribution in [0.15, 0.2) is 10.3 Å². The van der Waals surface area contributed by atoms with E-state index in [9.17, 15) is 8.42 Å². The van der Waals surface area contributed by atoms with Crippen molar-refractivity contribution in [1.82, 2.24) is 4.72 Å². The van der Waals surface area contributed by atoms with Crippen LogP contribution in [0.4, 0.5) is 0 Å². The number of rotatable bonds is 4. The Morgan fingerprint density at radius 1 is 1.56 bits per heavy atom. The standard InChI is InChI=1S/C10H15NO3S2/c1-7-6-15-8(5-12)9(7)16(13,14)11-10(2)3-4-10/h6,11-12H,3-5H2,1-2H3. The second-order valence-corrected chi connectivity index (χ2v) is 7.08. The lowest BCUT2D eigenvalue weighted by Crippen LogP contribution is -2.34. The molecule has 4 nitrogen and oxygen atoms in total. The van der Waals surface area contributed by atoms with Crippen LogP contribution in [0.2, 0.25) is 0 Å². The van der Waals surface area contributed by atoms with Crippen molar-refractivity contribution >= 4 is 21.4 Å². The zero-order chi connectivity index (χ0) is 12.0. The molecule has 6 heteroatoms. The van der Waals surface area contributed by atoms with Gasteiger partial charge in [-0.2, -0.15) is 0 Å². The molecule has 1 aliphatic rings. The van der Waals surface area contributed by atoms with Crippen LogP contribution < -0.4 is 4.72 Å². The molecule has 0 unspecified atom stereocenters. The van der Waals surface area contributed by atoms with Crippen molar-refractivity contribution in [3.05, 3.63) is 15.8 Å². The third-order valence-corrected chi connectivity index (χ3v) is 5.87. The molecule has 0 bridgehead atoms. The monoisotopic (exact) mass is 261 g/mol. The van der Waals surface area contributed by atoms with Crippen LogP contribution in [0.1, 0.15) is 30.2 Å². The average molecular weight is 261 g/mol. The largest absolute Gasteiger partial charge is 0.391 e. The van der Waals surface area contributed by atoms with Crippen LogP contribution in [0.5, 0.6) is 0 Å². The smallest absolute Gasteiger partial charge is 0.242 e. The molecular weight excluding hydrogens is 246 g/mol. The molecule has 0 spiro atoms. The normalized spacial score (nSPS) is 18.7. The van der Waals surface area contributed by atoms with Crippen molar-refractivity contribution in [3.63, 3.8) is 0 Å². The second-order valence-electron chi connectivity index (χ2n) is 4.50. The minimum Gasteiger partial charge on any atom is -0.391 e. The van der Waals surface area contributed by atoms with E-state index in [2.05, 4.69) is 4.72 Å². The third-order valence-electron chi connectivity index (χ3n) is 2.78. The van der Waals surface area contributed by atoms with E-state index in [1.807, 2.05) is 6.92 Å². The quantitative estimate of drug-likeness (QED) is 0.860. The predicted octanol–water partition coefficient (Wildman–Crippen LogP) is 1.38. The predicted molar refractivity (Wildman–Crippen MR) is 62.9 cm³/mol. The number of aryl methyl sites for hydroxylation is 1. The Morgan fingerprint density at radius 3 is 2.69 bits per heavy atom. The van der Waals surface area contributed by atoms with E-state index >= 15 is 0 Å². The summed E-state index contributed by atoms with van der Waals surface area (Å²) < 4.78 is 27.0. The summed E-state index contributed by atoms with van der Waals surface area (Å²) in [4.78, 5) is 0.766. The summed E-state index contributed by atoms with van der Waals surface area (Å²) >= 11 is 1.28. The fourth-order valence-corrected chi connectivity index (χ4v) is 4.75. The van der Waals surface area contributed by atoms with E-state index in [-0.39, 0.29) is 17.0 Å². The number of nitrogens with one attached hydrogen (secondary N) is 1. The van der Waals surface area contributed by atoms with Gasteiger partial charge in [0.05, 0.1) is 11.5 Å². The molecule has 1 aromatic heterocycles. The van der Waals surface area contributed by atoms with Gasteiger partial charge in [0.1, 0.15) is 4.90 Å². The molecule has 0 saturated heterocycles. The van der Waals surface area contributed by atoms with Crippen LogP contribution in [0.25, 0.3) is 0 Å². The van der Waals surface area contributed by atoms with Gasteiger partial charge >= 0.3 is 0 Å². The number of hydrogen-bond acceptors (Lipinski definition) is 4. The van der Waals surface area contributed by atoms with Gasteiger partial charge in [-0.25, -0.2) is 13.1 Å². The zero-order valence-electron chi connectivity index (χ0n) is 9.28. The lowest BCUT2D eigenvalue weighted by molar-refractivity contribution is 0.282. The zero-order valence-corrected chi connectivity index (χ0v) is 10.9.